The van der Waals surface area contributed by atoms with Gasteiger partial charge in [-0.1, -0.05) is 0 Å². The largest absolute Gasteiger partial charge is 0.476 e. The Hall–Kier alpha value is -3.18. The first kappa shape index (κ1) is 16.2. The minimum Gasteiger partial charge on any atom is -0.476 e. The second-order valence-corrected chi connectivity index (χ2v) is 4.19. The van der Waals surface area contributed by atoms with Crippen LogP contribution in [0.3, 0.4) is 0 Å². The number of nitro benzene ring substituents is 1. The normalized spacial score (nSPS) is 11.3. The van der Waals surface area contributed by atoms with Crippen LogP contribution in [-0.4, -0.2) is 19.8 Å². The molecule has 0 bridgehead atoms. The number of rotatable bonds is 5. The number of nitro groups is 2. The molecule has 122 valence electrons. The molecule has 0 unspecified atom stereocenters. The number of halogens is 3. The maximum absolute atomic E-state index is 12.5. The van der Waals surface area contributed by atoms with Gasteiger partial charge < -0.3 is 19.8 Å². The summed E-state index contributed by atoms with van der Waals surface area (Å²) in [5.74, 6) is -0.904. The minimum atomic E-state index is -4.73. The molecule has 0 atom stereocenters. The number of nitrogens with one attached hydrogen (secondary N) is 1. The average molecular weight is 332 g/mol. The molecule has 0 fully saturated rings. The summed E-state index contributed by atoms with van der Waals surface area (Å²) in [5.41, 5.74) is -2.06. The van der Waals surface area contributed by atoms with E-state index in [4.69, 9.17) is 4.74 Å². The van der Waals surface area contributed by atoms with E-state index in [0.29, 0.717) is 12.1 Å². The summed E-state index contributed by atoms with van der Waals surface area (Å²) in [6.07, 6.45) is -3.75. The van der Waals surface area contributed by atoms with Gasteiger partial charge in [0.25, 0.3) is 5.82 Å². The number of aromatic nitrogens is 2. The number of ether oxygens (including phenoxy) is 1. The second kappa shape index (κ2) is 5.90. The van der Waals surface area contributed by atoms with E-state index in [0.717, 1.165) is 12.3 Å². The molecule has 0 aliphatic rings. The van der Waals surface area contributed by atoms with Gasteiger partial charge in [0.05, 0.1) is 10.5 Å². The molecule has 23 heavy (non-hydrogen) atoms. The number of imidazole rings is 1. The van der Waals surface area contributed by atoms with Gasteiger partial charge in [0.2, 0.25) is 0 Å². The van der Waals surface area contributed by atoms with E-state index in [2.05, 4.69) is 9.97 Å². The molecule has 0 aliphatic carbocycles. The highest BCUT2D eigenvalue weighted by molar-refractivity contribution is 5.49. The number of nitrogens with zero attached hydrogens (tertiary/aromatic N) is 3. The van der Waals surface area contributed by atoms with E-state index in [9.17, 15) is 33.4 Å². The van der Waals surface area contributed by atoms with Gasteiger partial charge in [-0.15, -0.1) is 0 Å². The first-order valence-electron chi connectivity index (χ1n) is 5.85. The smallest absolute Gasteiger partial charge is 0.416 e. The third-order valence-electron chi connectivity index (χ3n) is 2.65. The van der Waals surface area contributed by atoms with Crippen LogP contribution in [0.4, 0.5) is 24.7 Å². The highest BCUT2D eigenvalue weighted by Crippen LogP contribution is 2.36. The topological polar surface area (TPSA) is 124 Å². The molecule has 1 heterocycles. The van der Waals surface area contributed by atoms with E-state index >= 15 is 0 Å². The van der Waals surface area contributed by atoms with E-state index in [1.165, 1.54) is 0 Å². The van der Waals surface area contributed by atoms with Gasteiger partial charge in [0.15, 0.2) is 12.4 Å². The van der Waals surface area contributed by atoms with Crippen LogP contribution in [0.2, 0.25) is 0 Å². The lowest BCUT2D eigenvalue weighted by Gasteiger charge is -2.08. The van der Waals surface area contributed by atoms with Crippen molar-refractivity contribution in [2.24, 2.45) is 0 Å². The molecule has 1 aromatic heterocycles. The number of benzene rings is 1. The molecule has 0 aliphatic heterocycles. The van der Waals surface area contributed by atoms with Crippen LogP contribution < -0.4 is 4.74 Å². The van der Waals surface area contributed by atoms with Gasteiger partial charge in [-0.05, 0) is 22.0 Å². The number of alkyl halides is 3. The second-order valence-electron chi connectivity index (χ2n) is 4.19. The molecule has 12 heteroatoms. The zero-order valence-corrected chi connectivity index (χ0v) is 11.0. The van der Waals surface area contributed by atoms with Crippen molar-refractivity contribution in [3.8, 4) is 5.75 Å². The predicted octanol–water partition coefficient (Wildman–Crippen LogP) is 2.82. The number of hydrogen-bond acceptors (Lipinski definition) is 6. The molecule has 1 aromatic carbocycles. The maximum Gasteiger partial charge on any atom is 0.416 e. The number of aromatic amines is 1. The van der Waals surface area contributed by atoms with Crippen molar-refractivity contribution < 1.29 is 27.8 Å². The predicted molar refractivity (Wildman–Crippen MR) is 67.7 cm³/mol. The number of hydrogen-bond donors (Lipinski definition) is 1. The van der Waals surface area contributed by atoms with E-state index < -0.39 is 45.4 Å². The summed E-state index contributed by atoms with van der Waals surface area (Å²) in [5, 5.41) is 21.3. The lowest BCUT2D eigenvalue weighted by molar-refractivity contribution is -0.389. The fraction of sp³-hybridized carbons (Fsp3) is 0.182. The molecular weight excluding hydrogens is 325 g/mol. The fourth-order valence-corrected chi connectivity index (χ4v) is 1.62. The van der Waals surface area contributed by atoms with Crippen LogP contribution >= 0.6 is 0 Å². The van der Waals surface area contributed by atoms with Crippen molar-refractivity contribution in [2.75, 3.05) is 0 Å². The molecule has 9 nitrogen and oxygen atoms in total. The lowest BCUT2D eigenvalue weighted by Crippen LogP contribution is -2.07. The van der Waals surface area contributed by atoms with Crippen molar-refractivity contribution >= 4 is 11.5 Å². The minimum absolute atomic E-state index is 0.00843. The Morgan fingerprint density at radius 3 is 2.43 bits per heavy atom. The van der Waals surface area contributed by atoms with Gasteiger partial charge >= 0.3 is 17.7 Å². The summed E-state index contributed by atoms with van der Waals surface area (Å²) in [7, 11) is 0. The molecule has 0 saturated heterocycles. The molecular formula is C11H7F3N4O5. The van der Waals surface area contributed by atoms with Crippen molar-refractivity contribution in [2.45, 2.75) is 12.8 Å². The first-order chi connectivity index (χ1) is 10.7. The van der Waals surface area contributed by atoms with Crippen LogP contribution in [0.15, 0.2) is 24.4 Å². The molecule has 2 rings (SSSR count). The summed E-state index contributed by atoms with van der Waals surface area (Å²) in [6, 6.07) is 1.78. The molecule has 0 radical (unpaired) electrons. The van der Waals surface area contributed by atoms with Crippen LogP contribution in [0, 0.1) is 20.2 Å². The van der Waals surface area contributed by atoms with Crippen molar-refractivity contribution in [3.63, 3.8) is 0 Å². The quantitative estimate of drug-likeness (QED) is 0.663. The molecule has 0 amide bonds. The van der Waals surface area contributed by atoms with Crippen molar-refractivity contribution in [1.82, 2.24) is 9.97 Å². The molecule has 0 saturated carbocycles. The van der Waals surface area contributed by atoms with E-state index in [1.54, 1.807) is 0 Å². The molecule has 0 spiro atoms. The maximum atomic E-state index is 12.5. The standard InChI is InChI=1S/C11H7F3N4O5/c12-11(13,14)6-1-2-8(7(3-6)17(19)20)23-5-9-15-4-10(16-9)18(21)22/h1-4H,5H2,(H,15,16). The van der Waals surface area contributed by atoms with Gasteiger partial charge in [-0.3, -0.25) is 10.1 Å². The van der Waals surface area contributed by atoms with E-state index in [-0.39, 0.29) is 5.82 Å². The van der Waals surface area contributed by atoms with Crippen LogP contribution in [-0.2, 0) is 12.8 Å². The molecule has 1 N–H and O–H groups in total. The monoisotopic (exact) mass is 332 g/mol. The first-order valence-corrected chi connectivity index (χ1v) is 5.85. The van der Waals surface area contributed by atoms with Crippen LogP contribution in [0.5, 0.6) is 5.75 Å². The van der Waals surface area contributed by atoms with Gasteiger partial charge in [0.1, 0.15) is 6.20 Å². The Labute approximate surface area is 125 Å². The SMILES string of the molecule is O=[N+]([O-])c1c[nH]c(COc2ccc(C(F)(F)F)cc2[N+](=O)[O-])n1. The zero-order valence-electron chi connectivity index (χ0n) is 11.0. The summed E-state index contributed by atoms with van der Waals surface area (Å²) in [4.78, 5) is 25.5. The van der Waals surface area contributed by atoms with Crippen LogP contribution in [0.25, 0.3) is 0 Å². The van der Waals surface area contributed by atoms with Crippen molar-refractivity contribution in [3.05, 3.63) is 56.0 Å². The Morgan fingerprint density at radius 2 is 1.91 bits per heavy atom. The number of H-pyrrole nitrogens is 1. The third kappa shape index (κ3) is 3.72. The van der Waals surface area contributed by atoms with E-state index in [1.807, 2.05) is 0 Å². The summed E-state index contributed by atoms with van der Waals surface area (Å²) < 4.78 is 42.7. The average Bonchev–Trinajstić information content (AvgIpc) is 2.92. The highest BCUT2D eigenvalue weighted by Gasteiger charge is 2.33. The Morgan fingerprint density at radius 1 is 1.22 bits per heavy atom. The van der Waals surface area contributed by atoms with Gasteiger partial charge in [-0.2, -0.15) is 13.2 Å². The Bertz CT molecular complexity index is 758. The highest BCUT2D eigenvalue weighted by atomic mass is 19.4. The van der Waals surface area contributed by atoms with Crippen molar-refractivity contribution in [1.29, 1.82) is 0 Å². The zero-order chi connectivity index (χ0) is 17.2. The summed E-state index contributed by atoms with van der Waals surface area (Å²) in [6.45, 7) is -0.417. The van der Waals surface area contributed by atoms with Gasteiger partial charge in [-0.25, -0.2) is 0 Å². The summed E-state index contributed by atoms with van der Waals surface area (Å²) >= 11 is 0. The fourth-order valence-electron chi connectivity index (χ4n) is 1.62. The van der Waals surface area contributed by atoms with Crippen LogP contribution in [0.1, 0.15) is 11.4 Å². The lowest BCUT2D eigenvalue weighted by atomic mass is 10.2. The van der Waals surface area contributed by atoms with Gasteiger partial charge in [0, 0.05) is 6.07 Å². The molecule has 2 aromatic rings. The Kier molecular flexibility index (Phi) is 4.16. The third-order valence-corrected chi connectivity index (χ3v) is 2.65. The Balaban J connectivity index is 2.21.